The summed E-state index contributed by atoms with van der Waals surface area (Å²) in [6.45, 7) is 0.772. The number of phenols is 1. The van der Waals surface area contributed by atoms with Crippen LogP contribution in [0.15, 0.2) is 18.2 Å². The minimum Gasteiger partial charge on any atom is -0.507 e. The zero-order valence-electron chi connectivity index (χ0n) is 9.27. The molecule has 94 valence electrons. The van der Waals surface area contributed by atoms with Crippen molar-refractivity contribution in [3.05, 3.63) is 28.8 Å². The van der Waals surface area contributed by atoms with Gasteiger partial charge in [0.25, 0.3) is 5.91 Å². The van der Waals surface area contributed by atoms with Gasteiger partial charge in [-0.05, 0) is 25.1 Å². The first kappa shape index (κ1) is 13.8. The van der Waals surface area contributed by atoms with E-state index in [0.29, 0.717) is 5.02 Å². The number of nitrogens with one attached hydrogen (secondary N) is 1. The number of aliphatic hydroxyl groups excluding tert-OH is 1. The maximum atomic E-state index is 11.7. The van der Waals surface area contributed by atoms with Crippen LogP contribution in [-0.2, 0) is 0 Å². The maximum Gasteiger partial charge on any atom is 0.255 e. The van der Waals surface area contributed by atoms with Crippen LogP contribution in [0.4, 0.5) is 0 Å². The van der Waals surface area contributed by atoms with Crippen LogP contribution in [0, 0.1) is 0 Å². The second kappa shape index (κ2) is 5.35. The van der Waals surface area contributed by atoms with E-state index >= 15 is 0 Å². The topological polar surface area (TPSA) is 89.8 Å². The maximum absolute atomic E-state index is 11.7. The van der Waals surface area contributed by atoms with E-state index in [-0.39, 0.29) is 17.9 Å². The number of benzene rings is 1. The fraction of sp³-hybridized carbons (Fsp3) is 0.364. The van der Waals surface area contributed by atoms with Crippen molar-refractivity contribution in [3.63, 3.8) is 0 Å². The number of aromatic hydroxyl groups is 1. The highest BCUT2D eigenvalue weighted by Crippen LogP contribution is 2.21. The number of hydrogen-bond donors (Lipinski definition) is 4. The largest absolute Gasteiger partial charge is 0.507 e. The van der Waals surface area contributed by atoms with Crippen molar-refractivity contribution in [2.75, 3.05) is 13.2 Å². The molecule has 0 saturated carbocycles. The Morgan fingerprint density at radius 1 is 1.53 bits per heavy atom. The second-order valence-corrected chi connectivity index (χ2v) is 4.44. The van der Waals surface area contributed by atoms with Gasteiger partial charge < -0.3 is 20.6 Å². The summed E-state index contributed by atoms with van der Waals surface area (Å²) in [6.07, 6.45) is 0. The van der Waals surface area contributed by atoms with Gasteiger partial charge in [0, 0.05) is 11.6 Å². The number of carbonyl (C=O) groups is 1. The van der Waals surface area contributed by atoms with Crippen molar-refractivity contribution >= 4 is 17.5 Å². The van der Waals surface area contributed by atoms with E-state index in [1.165, 1.54) is 25.1 Å². The number of amides is 1. The van der Waals surface area contributed by atoms with Crippen molar-refractivity contribution in [1.82, 2.24) is 5.32 Å². The van der Waals surface area contributed by atoms with Gasteiger partial charge in [0.15, 0.2) is 0 Å². The van der Waals surface area contributed by atoms with Crippen molar-refractivity contribution in [1.29, 1.82) is 0 Å². The molecule has 5 nitrogen and oxygen atoms in total. The predicted molar refractivity (Wildman–Crippen MR) is 63.2 cm³/mol. The quantitative estimate of drug-likeness (QED) is 0.635. The van der Waals surface area contributed by atoms with Crippen LogP contribution in [0.3, 0.4) is 0 Å². The van der Waals surface area contributed by atoms with Gasteiger partial charge in [0.05, 0.1) is 12.2 Å². The molecule has 1 aromatic carbocycles. The third kappa shape index (κ3) is 3.89. The molecule has 1 rings (SSSR count). The highest BCUT2D eigenvalue weighted by Gasteiger charge is 2.21. The van der Waals surface area contributed by atoms with Crippen molar-refractivity contribution < 1.29 is 20.1 Å². The first-order valence-electron chi connectivity index (χ1n) is 4.96. The van der Waals surface area contributed by atoms with Crippen LogP contribution >= 0.6 is 11.6 Å². The molecule has 0 radical (unpaired) electrons. The molecule has 0 aromatic heterocycles. The monoisotopic (exact) mass is 259 g/mol. The smallest absolute Gasteiger partial charge is 0.255 e. The van der Waals surface area contributed by atoms with E-state index < -0.39 is 18.1 Å². The van der Waals surface area contributed by atoms with Crippen molar-refractivity contribution in [3.8, 4) is 5.75 Å². The first-order chi connectivity index (χ1) is 7.85. The Kier molecular flexibility index (Phi) is 4.34. The Morgan fingerprint density at radius 3 is 2.76 bits per heavy atom. The van der Waals surface area contributed by atoms with Crippen LogP contribution in [0.2, 0.25) is 5.02 Å². The fourth-order valence-corrected chi connectivity index (χ4v) is 1.28. The molecular weight excluding hydrogens is 246 g/mol. The summed E-state index contributed by atoms with van der Waals surface area (Å²) >= 11 is 5.70. The normalized spacial score (nSPS) is 14.1. The summed E-state index contributed by atoms with van der Waals surface area (Å²) in [6, 6.07) is 4.08. The molecule has 0 aliphatic carbocycles. The lowest BCUT2D eigenvalue weighted by molar-refractivity contribution is 0.00318. The molecular formula is C11H14ClNO4. The molecule has 1 unspecified atom stereocenters. The molecule has 6 heteroatoms. The SMILES string of the molecule is CC(O)(CO)CNC(=O)c1cc(Cl)ccc1O. The molecule has 0 saturated heterocycles. The summed E-state index contributed by atoms with van der Waals surface area (Å²) in [7, 11) is 0. The van der Waals surface area contributed by atoms with Gasteiger partial charge in [-0.2, -0.15) is 0 Å². The number of carbonyl (C=O) groups excluding carboxylic acids is 1. The zero-order valence-corrected chi connectivity index (χ0v) is 10.0. The van der Waals surface area contributed by atoms with Gasteiger partial charge in [0.2, 0.25) is 0 Å². The zero-order chi connectivity index (χ0) is 13.1. The number of halogens is 1. The van der Waals surface area contributed by atoms with Gasteiger partial charge >= 0.3 is 0 Å². The number of rotatable bonds is 4. The summed E-state index contributed by atoms with van der Waals surface area (Å²) in [5.74, 6) is -0.769. The third-order valence-corrected chi connectivity index (χ3v) is 2.41. The molecule has 17 heavy (non-hydrogen) atoms. The van der Waals surface area contributed by atoms with Crippen LogP contribution in [-0.4, -0.2) is 40.0 Å². The minimum absolute atomic E-state index is 0.0197. The van der Waals surface area contributed by atoms with Gasteiger partial charge in [-0.25, -0.2) is 0 Å². The Bertz CT molecular complexity index is 420. The van der Waals surface area contributed by atoms with Gasteiger partial charge in [-0.3, -0.25) is 4.79 Å². The van der Waals surface area contributed by atoms with E-state index in [1.54, 1.807) is 0 Å². The Hall–Kier alpha value is -1.30. The van der Waals surface area contributed by atoms with Crippen molar-refractivity contribution in [2.45, 2.75) is 12.5 Å². The Labute approximate surface area is 104 Å². The van der Waals surface area contributed by atoms with E-state index in [2.05, 4.69) is 5.32 Å². The summed E-state index contributed by atoms with van der Waals surface area (Å²) < 4.78 is 0. The van der Waals surface area contributed by atoms with E-state index in [0.717, 1.165) is 0 Å². The standard InChI is InChI=1S/C11H14ClNO4/c1-11(17,6-14)5-13-10(16)8-4-7(12)2-3-9(8)15/h2-4,14-15,17H,5-6H2,1H3,(H,13,16). The number of aliphatic hydroxyl groups is 2. The van der Waals surface area contributed by atoms with Gasteiger partial charge in [-0.15, -0.1) is 0 Å². The number of hydrogen-bond acceptors (Lipinski definition) is 4. The molecule has 0 aliphatic heterocycles. The molecule has 0 spiro atoms. The highest BCUT2D eigenvalue weighted by atomic mass is 35.5. The molecule has 0 aliphatic rings. The average molecular weight is 260 g/mol. The highest BCUT2D eigenvalue weighted by molar-refractivity contribution is 6.31. The van der Waals surface area contributed by atoms with Crippen LogP contribution < -0.4 is 5.32 Å². The molecule has 1 amide bonds. The van der Waals surface area contributed by atoms with E-state index in [4.69, 9.17) is 16.7 Å². The molecule has 4 N–H and O–H groups in total. The van der Waals surface area contributed by atoms with Crippen LogP contribution in [0.25, 0.3) is 0 Å². The van der Waals surface area contributed by atoms with E-state index in [1.807, 2.05) is 0 Å². The third-order valence-electron chi connectivity index (χ3n) is 2.17. The van der Waals surface area contributed by atoms with E-state index in [9.17, 15) is 15.0 Å². The Balaban J connectivity index is 2.74. The number of phenolic OH excluding ortho intramolecular Hbond substituents is 1. The Morgan fingerprint density at radius 2 is 2.18 bits per heavy atom. The fourth-order valence-electron chi connectivity index (χ4n) is 1.11. The summed E-state index contributed by atoms with van der Waals surface area (Å²) in [5, 5.41) is 30.5. The first-order valence-corrected chi connectivity index (χ1v) is 5.33. The lowest BCUT2D eigenvalue weighted by Gasteiger charge is -2.20. The van der Waals surface area contributed by atoms with Crippen LogP contribution in [0.5, 0.6) is 5.75 Å². The average Bonchev–Trinajstić information content (AvgIpc) is 2.29. The van der Waals surface area contributed by atoms with Gasteiger partial charge in [-0.1, -0.05) is 11.6 Å². The predicted octanol–water partition coefficient (Wildman–Crippen LogP) is 0.519. The van der Waals surface area contributed by atoms with Crippen molar-refractivity contribution in [2.24, 2.45) is 0 Å². The summed E-state index contributed by atoms with van der Waals surface area (Å²) in [5.41, 5.74) is -1.38. The molecule has 1 aromatic rings. The summed E-state index contributed by atoms with van der Waals surface area (Å²) in [4.78, 5) is 11.7. The molecule has 0 bridgehead atoms. The molecule has 1 atom stereocenters. The lowest BCUT2D eigenvalue weighted by atomic mass is 10.1. The molecule has 0 fully saturated rings. The molecule has 0 heterocycles. The van der Waals surface area contributed by atoms with Crippen LogP contribution in [0.1, 0.15) is 17.3 Å². The van der Waals surface area contributed by atoms with Gasteiger partial charge in [0.1, 0.15) is 11.4 Å². The lowest BCUT2D eigenvalue weighted by Crippen LogP contribution is -2.43. The minimum atomic E-state index is -1.40. The second-order valence-electron chi connectivity index (χ2n) is 4.00.